The number of aryl methyl sites for hydroxylation is 1. The molecule has 3 heterocycles. The number of likely N-dealkylation sites (tertiary alicyclic amines) is 1. The Morgan fingerprint density at radius 3 is 2.68 bits per heavy atom. The van der Waals surface area contributed by atoms with Gasteiger partial charge in [-0.1, -0.05) is 19.1 Å². The Kier molecular flexibility index (Phi) is 7.40. The third-order valence-corrected chi connectivity index (χ3v) is 7.21. The van der Waals surface area contributed by atoms with Crippen LogP contribution in [-0.4, -0.2) is 52.9 Å². The summed E-state index contributed by atoms with van der Waals surface area (Å²) in [7, 11) is 1.52. The van der Waals surface area contributed by atoms with E-state index >= 15 is 0 Å². The first-order chi connectivity index (χ1) is 17.4. The number of pyridine rings is 1. The Morgan fingerprint density at radius 1 is 1.27 bits per heavy atom. The van der Waals surface area contributed by atoms with Gasteiger partial charge in [-0.2, -0.15) is 13.2 Å². The van der Waals surface area contributed by atoms with Crippen LogP contribution in [0.15, 0.2) is 42.6 Å². The van der Waals surface area contributed by atoms with Crippen LogP contribution in [0.2, 0.25) is 0 Å². The zero-order chi connectivity index (χ0) is 27.0. The van der Waals surface area contributed by atoms with Crippen molar-refractivity contribution in [2.45, 2.75) is 38.4 Å². The normalized spacial score (nSPS) is 19.5. The molecule has 37 heavy (non-hydrogen) atoms. The number of nitrogens with one attached hydrogen (secondary N) is 1. The lowest BCUT2D eigenvalue weighted by Gasteiger charge is -2.43. The summed E-state index contributed by atoms with van der Waals surface area (Å²) in [5.74, 6) is -3.62. The first-order valence-electron chi connectivity index (χ1n) is 11.5. The number of thiazole rings is 1. The Bertz CT molecular complexity index is 1260. The van der Waals surface area contributed by atoms with Crippen LogP contribution in [0.4, 0.5) is 27.8 Å². The number of halogens is 5. The predicted octanol–water partition coefficient (Wildman–Crippen LogP) is 6.14. The molecule has 1 aliphatic rings. The maximum atomic E-state index is 14.6. The molecular formula is C25H25F5N4O2S. The fourth-order valence-electron chi connectivity index (χ4n) is 4.42. The van der Waals surface area contributed by atoms with E-state index in [0.29, 0.717) is 27.4 Å². The molecule has 2 aromatic heterocycles. The van der Waals surface area contributed by atoms with Gasteiger partial charge in [-0.3, -0.25) is 4.79 Å². The van der Waals surface area contributed by atoms with Crippen LogP contribution in [0.3, 0.4) is 0 Å². The summed E-state index contributed by atoms with van der Waals surface area (Å²) in [4.78, 5) is 23.5. The van der Waals surface area contributed by atoms with Crippen molar-refractivity contribution in [2.24, 2.45) is 5.92 Å². The number of alkyl halides is 5. The Hall–Kier alpha value is -3.28. The van der Waals surface area contributed by atoms with Gasteiger partial charge >= 0.3 is 6.18 Å². The van der Waals surface area contributed by atoms with Gasteiger partial charge in [0.25, 0.3) is 11.8 Å². The molecular weight excluding hydrogens is 515 g/mol. The number of carbonyl (C=O) groups excluding carboxylic acids is 1. The van der Waals surface area contributed by atoms with Gasteiger partial charge in [0.15, 0.2) is 0 Å². The van der Waals surface area contributed by atoms with Crippen LogP contribution < -0.4 is 10.1 Å². The summed E-state index contributed by atoms with van der Waals surface area (Å²) < 4.78 is 73.0. The van der Waals surface area contributed by atoms with E-state index in [4.69, 9.17) is 4.74 Å². The molecule has 6 nitrogen and oxygen atoms in total. The lowest BCUT2D eigenvalue weighted by Crippen LogP contribution is -2.57. The van der Waals surface area contributed by atoms with Crippen molar-refractivity contribution in [3.05, 3.63) is 58.9 Å². The number of anilines is 1. The molecule has 4 rings (SSSR count). The molecule has 0 saturated carbocycles. The van der Waals surface area contributed by atoms with Crippen LogP contribution in [-0.2, 0) is 6.18 Å². The van der Waals surface area contributed by atoms with E-state index in [1.807, 2.05) is 0 Å². The molecule has 1 aliphatic heterocycles. The van der Waals surface area contributed by atoms with Gasteiger partial charge in [-0.15, -0.1) is 11.3 Å². The Morgan fingerprint density at radius 2 is 2.03 bits per heavy atom. The first kappa shape index (κ1) is 26.8. The topological polar surface area (TPSA) is 67.3 Å². The minimum atomic E-state index is -4.52. The predicted molar refractivity (Wildman–Crippen MR) is 130 cm³/mol. The van der Waals surface area contributed by atoms with Crippen molar-refractivity contribution >= 4 is 23.1 Å². The quantitative estimate of drug-likeness (QED) is 0.381. The second-order valence-electron chi connectivity index (χ2n) is 8.99. The monoisotopic (exact) mass is 540 g/mol. The largest absolute Gasteiger partial charge is 0.497 e. The molecule has 1 N–H and O–H groups in total. The first-order valence-corrected chi connectivity index (χ1v) is 12.3. The summed E-state index contributed by atoms with van der Waals surface area (Å²) in [5.41, 5.74) is -0.156. The summed E-state index contributed by atoms with van der Waals surface area (Å²) in [6, 6.07) is 8.43. The number of nitrogens with zero attached hydrogens (tertiary/aromatic N) is 3. The maximum absolute atomic E-state index is 14.6. The molecule has 0 radical (unpaired) electrons. The number of benzene rings is 1. The van der Waals surface area contributed by atoms with Gasteiger partial charge in [-0.25, -0.2) is 18.7 Å². The van der Waals surface area contributed by atoms with Crippen LogP contribution in [0.25, 0.3) is 10.4 Å². The van der Waals surface area contributed by atoms with Crippen LogP contribution in [0, 0.1) is 12.8 Å². The number of aromatic nitrogens is 2. The minimum absolute atomic E-state index is 0.0267. The summed E-state index contributed by atoms with van der Waals surface area (Å²) >= 11 is 1.28. The van der Waals surface area contributed by atoms with Gasteiger partial charge in [0.05, 0.1) is 35.1 Å². The van der Waals surface area contributed by atoms with E-state index in [0.717, 1.165) is 11.0 Å². The summed E-state index contributed by atoms with van der Waals surface area (Å²) in [6.07, 6.45) is -4.26. The highest BCUT2D eigenvalue weighted by atomic mass is 32.1. The van der Waals surface area contributed by atoms with E-state index in [1.165, 1.54) is 24.5 Å². The van der Waals surface area contributed by atoms with E-state index in [-0.39, 0.29) is 18.1 Å². The smallest absolute Gasteiger partial charge is 0.417 e. The van der Waals surface area contributed by atoms with Crippen LogP contribution >= 0.6 is 11.3 Å². The number of amides is 1. The fraction of sp³-hybridized carbons (Fsp3) is 0.400. The van der Waals surface area contributed by atoms with Gasteiger partial charge in [-0.05, 0) is 42.7 Å². The molecule has 2 atom stereocenters. The Labute approximate surface area is 214 Å². The summed E-state index contributed by atoms with van der Waals surface area (Å²) in [6.45, 7) is 2.58. The number of hydrogen-bond acceptors (Lipinski definition) is 6. The lowest BCUT2D eigenvalue weighted by atomic mass is 9.88. The van der Waals surface area contributed by atoms with Crippen molar-refractivity contribution in [1.82, 2.24) is 14.9 Å². The third-order valence-electron chi connectivity index (χ3n) is 6.19. The van der Waals surface area contributed by atoms with Gasteiger partial charge in [0.1, 0.15) is 17.3 Å². The maximum Gasteiger partial charge on any atom is 0.417 e. The molecule has 0 bridgehead atoms. The molecule has 0 aliphatic carbocycles. The van der Waals surface area contributed by atoms with Crippen molar-refractivity contribution in [1.29, 1.82) is 0 Å². The number of ether oxygens (including phenoxy) is 1. The van der Waals surface area contributed by atoms with E-state index < -0.39 is 48.5 Å². The number of methoxy groups -OCH3 is 1. The zero-order valence-corrected chi connectivity index (χ0v) is 21.1. The van der Waals surface area contributed by atoms with Crippen molar-refractivity contribution < 1.29 is 31.5 Å². The van der Waals surface area contributed by atoms with Crippen molar-refractivity contribution in [2.75, 3.05) is 25.5 Å². The molecule has 1 unspecified atom stereocenters. The molecule has 3 aromatic rings. The number of piperidine rings is 1. The number of hydrogen-bond donors (Lipinski definition) is 1. The average Bonchev–Trinajstić information content (AvgIpc) is 3.23. The van der Waals surface area contributed by atoms with Crippen molar-refractivity contribution in [3.63, 3.8) is 0 Å². The molecule has 0 spiro atoms. The molecule has 12 heteroatoms. The van der Waals surface area contributed by atoms with Gasteiger partial charge in [0, 0.05) is 19.2 Å². The Balaban J connectivity index is 1.62. The second-order valence-corrected chi connectivity index (χ2v) is 10.2. The SMILES string of the molecule is COc1cccc(-c2sc(C)nc2C(=O)N2CC(F)(F)C[C@@H](C)C2CNc2ccc(C(F)(F)F)cn2)c1. The number of rotatable bonds is 6. The van der Waals surface area contributed by atoms with E-state index in [1.54, 1.807) is 38.1 Å². The highest BCUT2D eigenvalue weighted by molar-refractivity contribution is 7.15. The van der Waals surface area contributed by atoms with Crippen molar-refractivity contribution in [3.8, 4) is 16.2 Å². The van der Waals surface area contributed by atoms with Gasteiger partial charge < -0.3 is 15.0 Å². The molecule has 198 valence electrons. The molecule has 1 aromatic carbocycles. The van der Waals surface area contributed by atoms with Gasteiger partial charge in [0.2, 0.25) is 0 Å². The van der Waals surface area contributed by atoms with Crippen LogP contribution in [0.5, 0.6) is 5.75 Å². The molecule has 1 saturated heterocycles. The minimum Gasteiger partial charge on any atom is -0.497 e. The molecule has 1 amide bonds. The third kappa shape index (κ3) is 6.00. The summed E-state index contributed by atoms with van der Waals surface area (Å²) in [5, 5.41) is 3.50. The highest BCUT2D eigenvalue weighted by Crippen LogP contribution is 2.38. The number of carbonyl (C=O) groups is 1. The lowest BCUT2D eigenvalue weighted by molar-refractivity contribution is -0.137. The fourth-order valence-corrected chi connectivity index (χ4v) is 5.33. The van der Waals surface area contributed by atoms with E-state index in [9.17, 15) is 26.7 Å². The standard InChI is InChI=1S/C25H25F5N4O2S/c1-14-10-24(26,27)13-34(19(14)12-32-20-8-7-17(11-31-20)25(28,29)30)23(35)21-22(37-15(2)33-21)16-5-4-6-18(9-16)36-3/h4-9,11,14,19H,10,12-13H2,1-3H3,(H,31,32)/t14-,19?/m1/s1. The van der Waals surface area contributed by atoms with E-state index in [2.05, 4.69) is 15.3 Å². The zero-order valence-electron chi connectivity index (χ0n) is 20.3. The second kappa shape index (κ2) is 10.2. The highest BCUT2D eigenvalue weighted by Gasteiger charge is 2.47. The average molecular weight is 541 g/mol. The van der Waals surface area contributed by atoms with Crippen LogP contribution in [0.1, 0.15) is 34.4 Å². The molecule has 1 fully saturated rings.